The molecule has 30 heavy (non-hydrogen) atoms. The first-order chi connectivity index (χ1) is 14.7. The summed E-state index contributed by atoms with van der Waals surface area (Å²) in [6.45, 7) is 7.27. The number of hydrogen-bond acceptors (Lipinski definition) is 3. The topological polar surface area (TPSA) is 35.5 Å². The van der Waals surface area contributed by atoms with Gasteiger partial charge in [-0.1, -0.05) is 143 Å². The molecule has 0 heterocycles. The second kappa shape index (κ2) is 24.5. The Morgan fingerprint density at radius 1 is 0.533 bits per heavy atom. The van der Waals surface area contributed by atoms with E-state index < -0.39 is 6.16 Å². The van der Waals surface area contributed by atoms with E-state index in [1.165, 1.54) is 116 Å². The Morgan fingerprint density at radius 2 is 0.867 bits per heavy atom. The van der Waals surface area contributed by atoms with Gasteiger partial charge in [0.25, 0.3) is 0 Å². The third-order valence-electron chi connectivity index (χ3n) is 5.75. The predicted molar refractivity (Wildman–Crippen MR) is 130 cm³/mol. The Balaban J connectivity index is 3.07. The number of unbranched alkanes of at least 4 members (excludes halogenated alkanes) is 19. The van der Waals surface area contributed by atoms with Gasteiger partial charge in [0.05, 0.1) is 13.2 Å². The highest BCUT2D eigenvalue weighted by molar-refractivity contribution is 5.59. The van der Waals surface area contributed by atoms with Crippen molar-refractivity contribution >= 4 is 6.16 Å². The van der Waals surface area contributed by atoms with Crippen LogP contribution in [0.1, 0.15) is 149 Å². The fourth-order valence-electron chi connectivity index (χ4n) is 3.79. The highest BCUT2D eigenvalue weighted by atomic mass is 16.7. The van der Waals surface area contributed by atoms with Gasteiger partial charge in [-0.25, -0.2) is 4.79 Å². The van der Waals surface area contributed by atoms with E-state index in [1.54, 1.807) is 0 Å². The summed E-state index contributed by atoms with van der Waals surface area (Å²) in [5.74, 6) is 0.359. The first kappa shape index (κ1) is 29.3. The quantitative estimate of drug-likeness (QED) is 0.120. The van der Waals surface area contributed by atoms with E-state index in [2.05, 4.69) is 6.92 Å². The molecule has 0 atom stereocenters. The lowest BCUT2D eigenvalue weighted by Crippen LogP contribution is -2.12. The van der Waals surface area contributed by atoms with Gasteiger partial charge in [0.15, 0.2) is 0 Å². The van der Waals surface area contributed by atoms with Gasteiger partial charge in [-0.05, 0) is 12.3 Å². The fourth-order valence-corrected chi connectivity index (χ4v) is 3.79. The normalized spacial score (nSPS) is 11.2. The van der Waals surface area contributed by atoms with Gasteiger partial charge in [-0.2, -0.15) is 0 Å². The van der Waals surface area contributed by atoms with E-state index >= 15 is 0 Å². The van der Waals surface area contributed by atoms with Crippen molar-refractivity contribution in [3.05, 3.63) is 0 Å². The van der Waals surface area contributed by atoms with E-state index in [1.807, 2.05) is 13.8 Å². The van der Waals surface area contributed by atoms with Gasteiger partial charge >= 0.3 is 6.16 Å². The lowest BCUT2D eigenvalue weighted by atomic mass is 10.0. The summed E-state index contributed by atoms with van der Waals surface area (Å²) < 4.78 is 10.1. The van der Waals surface area contributed by atoms with E-state index in [9.17, 15) is 4.79 Å². The van der Waals surface area contributed by atoms with Crippen molar-refractivity contribution < 1.29 is 14.3 Å². The van der Waals surface area contributed by atoms with E-state index in [0.717, 1.165) is 12.8 Å². The first-order valence-electron chi connectivity index (χ1n) is 13.5. The van der Waals surface area contributed by atoms with Crippen LogP contribution in [0.5, 0.6) is 0 Å². The van der Waals surface area contributed by atoms with Crippen molar-refractivity contribution in [2.75, 3.05) is 13.2 Å². The van der Waals surface area contributed by atoms with Gasteiger partial charge in [0, 0.05) is 0 Å². The summed E-state index contributed by atoms with van der Waals surface area (Å²) >= 11 is 0. The molecule has 0 aromatic carbocycles. The Labute approximate surface area is 189 Å². The van der Waals surface area contributed by atoms with Crippen LogP contribution in [-0.2, 0) is 9.47 Å². The zero-order valence-corrected chi connectivity index (χ0v) is 20.9. The SMILES string of the molecule is CCCCCCCCCCCCCCCCCCCCCCOC(=O)OCC(C)C. The first-order valence-corrected chi connectivity index (χ1v) is 13.5. The maximum absolute atomic E-state index is 11.3. The largest absolute Gasteiger partial charge is 0.508 e. The van der Waals surface area contributed by atoms with E-state index in [4.69, 9.17) is 9.47 Å². The molecule has 180 valence electrons. The minimum atomic E-state index is -0.512. The lowest BCUT2D eigenvalue weighted by Gasteiger charge is -2.07. The van der Waals surface area contributed by atoms with Crippen LogP contribution in [0.3, 0.4) is 0 Å². The minimum absolute atomic E-state index is 0.359. The summed E-state index contributed by atoms with van der Waals surface area (Å²) in [5.41, 5.74) is 0. The summed E-state index contributed by atoms with van der Waals surface area (Å²) in [7, 11) is 0. The van der Waals surface area contributed by atoms with Crippen molar-refractivity contribution in [2.24, 2.45) is 5.92 Å². The molecule has 0 unspecified atom stereocenters. The maximum Gasteiger partial charge on any atom is 0.508 e. The molecule has 0 bridgehead atoms. The van der Waals surface area contributed by atoms with Crippen LogP contribution in [-0.4, -0.2) is 19.4 Å². The van der Waals surface area contributed by atoms with Gasteiger partial charge in [-0.15, -0.1) is 0 Å². The van der Waals surface area contributed by atoms with Crippen LogP contribution in [0.25, 0.3) is 0 Å². The van der Waals surface area contributed by atoms with Crippen LogP contribution in [0, 0.1) is 5.92 Å². The molecule has 0 aliphatic carbocycles. The van der Waals surface area contributed by atoms with E-state index in [-0.39, 0.29) is 0 Å². The molecule has 0 rings (SSSR count). The molecule has 0 spiro atoms. The summed E-state index contributed by atoms with van der Waals surface area (Å²) in [4.78, 5) is 11.3. The lowest BCUT2D eigenvalue weighted by molar-refractivity contribution is 0.0465. The summed E-state index contributed by atoms with van der Waals surface area (Å²) in [6.07, 6.45) is 27.0. The Bertz CT molecular complexity index is 341. The molecule has 0 aliphatic rings. The second-order valence-electron chi connectivity index (χ2n) is 9.52. The molecule has 0 radical (unpaired) electrons. The molecule has 0 fully saturated rings. The van der Waals surface area contributed by atoms with Crippen LogP contribution in [0.2, 0.25) is 0 Å². The number of hydrogen-bond donors (Lipinski definition) is 0. The van der Waals surface area contributed by atoms with Crippen molar-refractivity contribution in [3.8, 4) is 0 Å². The van der Waals surface area contributed by atoms with Crippen molar-refractivity contribution in [3.63, 3.8) is 0 Å². The average Bonchev–Trinajstić information content (AvgIpc) is 2.73. The number of rotatable bonds is 23. The van der Waals surface area contributed by atoms with Gasteiger partial charge < -0.3 is 9.47 Å². The average molecular weight is 427 g/mol. The third-order valence-corrected chi connectivity index (χ3v) is 5.75. The predicted octanol–water partition coefficient (Wildman–Crippen LogP) is 9.62. The number of carbonyl (C=O) groups is 1. The molecular formula is C27H54O3. The smallest absolute Gasteiger partial charge is 0.434 e. The monoisotopic (exact) mass is 426 g/mol. The Hall–Kier alpha value is -0.730. The standard InChI is InChI=1S/C27H54O3/c1-4-5-6-7-8-9-10-11-12-13-14-15-16-17-18-19-20-21-22-23-24-29-27(28)30-25-26(2)3/h26H,4-25H2,1-3H3. The van der Waals surface area contributed by atoms with Gasteiger partial charge in [-0.3, -0.25) is 0 Å². The fraction of sp³-hybridized carbons (Fsp3) is 0.963. The zero-order valence-electron chi connectivity index (χ0n) is 20.9. The molecule has 0 amide bonds. The third kappa shape index (κ3) is 25.3. The molecule has 0 aromatic heterocycles. The molecule has 0 aromatic rings. The zero-order chi connectivity index (χ0) is 22.1. The van der Waals surface area contributed by atoms with Crippen molar-refractivity contribution in [1.82, 2.24) is 0 Å². The molecule has 3 heteroatoms. The number of ether oxygens (including phenoxy) is 2. The number of carbonyl (C=O) groups excluding carboxylic acids is 1. The molecule has 0 saturated carbocycles. The maximum atomic E-state index is 11.3. The van der Waals surface area contributed by atoms with Gasteiger partial charge in [0.2, 0.25) is 0 Å². The summed E-state index contributed by atoms with van der Waals surface area (Å²) in [5, 5.41) is 0. The molecule has 0 N–H and O–H groups in total. The van der Waals surface area contributed by atoms with Crippen LogP contribution in [0.15, 0.2) is 0 Å². The van der Waals surface area contributed by atoms with Crippen LogP contribution < -0.4 is 0 Å². The van der Waals surface area contributed by atoms with Crippen molar-refractivity contribution in [2.45, 2.75) is 149 Å². The van der Waals surface area contributed by atoms with Crippen molar-refractivity contribution in [1.29, 1.82) is 0 Å². The van der Waals surface area contributed by atoms with Crippen LogP contribution in [0.4, 0.5) is 4.79 Å². The van der Waals surface area contributed by atoms with E-state index in [0.29, 0.717) is 19.1 Å². The minimum Gasteiger partial charge on any atom is -0.434 e. The van der Waals surface area contributed by atoms with Crippen LogP contribution >= 0.6 is 0 Å². The second-order valence-corrected chi connectivity index (χ2v) is 9.52. The van der Waals surface area contributed by atoms with Gasteiger partial charge in [0.1, 0.15) is 0 Å². The molecule has 0 aliphatic heterocycles. The molecule has 3 nitrogen and oxygen atoms in total. The summed E-state index contributed by atoms with van der Waals surface area (Å²) in [6, 6.07) is 0. The highest BCUT2D eigenvalue weighted by Crippen LogP contribution is 2.14. The molecular weight excluding hydrogens is 372 g/mol. The highest BCUT2D eigenvalue weighted by Gasteiger charge is 2.04. The molecule has 0 saturated heterocycles. The Kier molecular flexibility index (Phi) is 23.9. The Morgan fingerprint density at radius 3 is 1.20 bits per heavy atom.